The van der Waals surface area contributed by atoms with Crippen molar-refractivity contribution in [2.45, 2.75) is 45.5 Å². The van der Waals surface area contributed by atoms with Crippen molar-refractivity contribution in [2.75, 3.05) is 13.1 Å². The molecule has 0 unspecified atom stereocenters. The van der Waals surface area contributed by atoms with Crippen LogP contribution in [-0.4, -0.2) is 40.7 Å². The second-order valence-electron chi connectivity index (χ2n) is 9.38. The van der Waals surface area contributed by atoms with Crippen LogP contribution in [0.2, 0.25) is 0 Å². The fourth-order valence-corrected chi connectivity index (χ4v) is 4.57. The van der Waals surface area contributed by atoms with Crippen LogP contribution in [0, 0.1) is 13.8 Å². The Kier molecular flexibility index (Phi) is 7.48. The zero-order chi connectivity index (χ0) is 25.9. The molecule has 3 aromatic carbocycles. The average Bonchev–Trinajstić information content (AvgIpc) is 2.85. The summed E-state index contributed by atoms with van der Waals surface area (Å²) in [4.78, 5) is 29.7. The molecule has 2 amide bonds. The lowest BCUT2D eigenvalue weighted by molar-refractivity contribution is -0.139. The van der Waals surface area contributed by atoms with Crippen molar-refractivity contribution < 1.29 is 22.8 Å². The molecule has 1 atom stereocenters. The number of amides is 2. The topological polar surface area (TPSA) is 40.6 Å². The molecule has 0 bridgehead atoms. The molecule has 4 nitrogen and oxygen atoms in total. The van der Waals surface area contributed by atoms with E-state index >= 15 is 0 Å². The molecule has 1 aliphatic rings. The highest BCUT2D eigenvalue weighted by Gasteiger charge is 2.36. The monoisotopic (exact) mass is 494 g/mol. The minimum absolute atomic E-state index is 0.0634. The highest BCUT2D eigenvalue weighted by atomic mass is 19.4. The maximum atomic E-state index is 13.3. The first-order chi connectivity index (χ1) is 17.1. The maximum absolute atomic E-state index is 13.3. The fourth-order valence-electron chi connectivity index (χ4n) is 4.57. The third-order valence-electron chi connectivity index (χ3n) is 6.78. The molecular formula is C29H29F3N2O2. The third kappa shape index (κ3) is 5.96. The van der Waals surface area contributed by atoms with Gasteiger partial charge in [0.15, 0.2) is 0 Å². The molecule has 3 aromatic rings. The van der Waals surface area contributed by atoms with Gasteiger partial charge in [-0.1, -0.05) is 48.5 Å². The Morgan fingerprint density at radius 1 is 0.917 bits per heavy atom. The Labute approximate surface area is 209 Å². The number of hydrogen-bond acceptors (Lipinski definition) is 2. The highest BCUT2D eigenvalue weighted by Crippen LogP contribution is 2.30. The van der Waals surface area contributed by atoms with Crippen molar-refractivity contribution in [3.63, 3.8) is 0 Å². The van der Waals surface area contributed by atoms with Crippen molar-refractivity contribution in [2.24, 2.45) is 0 Å². The molecule has 0 N–H and O–H groups in total. The van der Waals surface area contributed by atoms with Crippen molar-refractivity contribution in [1.82, 2.24) is 9.80 Å². The van der Waals surface area contributed by atoms with Crippen LogP contribution in [0.15, 0.2) is 72.8 Å². The Bertz CT molecular complexity index is 1240. The predicted molar refractivity (Wildman–Crippen MR) is 132 cm³/mol. The van der Waals surface area contributed by atoms with Gasteiger partial charge in [-0.25, -0.2) is 0 Å². The van der Waals surface area contributed by atoms with Crippen LogP contribution in [0.3, 0.4) is 0 Å². The number of alkyl halides is 3. The van der Waals surface area contributed by atoms with E-state index in [-0.39, 0.29) is 30.9 Å². The summed E-state index contributed by atoms with van der Waals surface area (Å²) in [5.74, 6) is -0.483. The minimum Gasteiger partial charge on any atom is -0.332 e. The van der Waals surface area contributed by atoms with Gasteiger partial charge in [0.2, 0.25) is 5.91 Å². The molecule has 0 radical (unpaired) electrons. The van der Waals surface area contributed by atoms with E-state index in [4.69, 9.17) is 0 Å². The molecule has 7 heteroatoms. The number of benzene rings is 3. The van der Waals surface area contributed by atoms with Gasteiger partial charge in [-0.05, 0) is 73.2 Å². The number of halogens is 3. The smallest absolute Gasteiger partial charge is 0.332 e. The van der Waals surface area contributed by atoms with Crippen molar-refractivity contribution >= 4 is 11.8 Å². The molecule has 0 aromatic heterocycles. The van der Waals surface area contributed by atoms with Gasteiger partial charge >= 0.3 is 6.18 Å². The van der Waals surface area contributed by atoms with Crippen LogP contribution in [0.4, 0.5) is 13.2 Å². The molecule has 36 heavy (non-hydrogen) atoms. The van der Waals surface area contributed by atoms with Gasteiger partial charge in [-0.15, -0.1) is 0 Å². The highest BCUT2D eigenvalue weighted by molar-refractivity contribution is 5.97. The largest absolute Gasteiger partial charge is 0.416 e. The molecule has 1 heterocycles. The third-order valence-corrected chi connectivity index (χ3v) is 6.78. The number of carbonyl (C=O) groups excluding carboxylic acids is 2. The van der Waals surface area contributed by atoms with Gasteiger partial charge in [-0.2, -0.15) is 13.2 Å². The molecule has 1 saturated heterocycles. The van der Waals surface area contributed by atoms with E-state index in [0.29, 0.717) is 30.5 Å². The fraction of sp³-hybridized carbons (Fsp3) is 0.310. The van der Waals surface area contributed by atoms with Gasteiger partial charge in [0.1, 0.15) is 6.54 Å². The summed E-state index contributed by atoms with van der Waals surface area (Å²) in [7, 11) is 0. The lowest BCUT2D eigenvalue weighted by Crippen LogP contribution is -2.57. The number of hydrogen-bond donors (Lipinski definition) is 0. The maximum Gasteiger partial charge on any atom is 0.416 e. The molecule has 0 aliphatic carbocycles. The first-order valence-corrected chi connectivity index (χ1v) is 12.0. The minimum atomic E-state index is -4.45. The lowest BCUT2D eigenvalue weighted by Gasteiger charge is -2.41. The van der Waals surface area contributed by atoms with E-state index in [1.165, 1.54) is 6.07 Å². The number of carbonyl (C=O) groups is 2. The Hall–Kier alpha value is -3.61. The molecule has 1 aliphatic heterocycles. The molecule has 0 saturated carbocycles. The van der Waals surface area contributed by atoms with Crippen LogP contribution in [0.1, 0.15) is 44.6 Å². The van der Waals surface area contributed by atoms with Gasteiger partial charge < -0.3 is 9.80 Å². The average molecular weight is 495 g/mol. The van der Waals surface area contributed by atoms with Crippen LogP contribution < -0.4 is 0 Å². The van der Waals surface area contributed by atoms with Gasteiger partial charge in [0.25, 0.3) is 5.91 Å². The second kappa shape index (κ2) is 10.6. The summed E-state index contributed by atoms with van der Waals surface area (Å²) in [6.07, 6.45) is -3.18. The van der Waals surface area contributed by atoms with Crippen LogP contribution in [0.5, 0.6) is 0 Å². The van der Waals surface area contributed by atoms with Crippen LogP contribution >= 0.6 is 0 Å². The summed E-state index contributed by atoms with van der Waals surface area (Å²) in [5, 5.41) is 0. The van der Waals surface area contributed by atoms with Crippen molar-refractivity contribution in [3.8, 4) is 0 Å². The zero-order valence-corrected chi connectivity index (χ0v) is 20.4. The summed E-state index contributed by atoms with van der Waals surface area (Å²) in [6.45, 7) is 4.19. The summed E-state index contributed by atoms with van der Waals surface area (Å²) in [6, 6.07) is 20.1. The van der Waals surface area contributed by atoms with E-state index in [0.717, 1.165) is 28.8 Å². The molecular weight excluding hydrogens is 465 g/mol. The van der Waals surface area contributed by atoms with Gasteiger partial charge in [0.05, 0.1) is 11.6 Å². The quantitative estimate of drug-likeness (QED) is 0.434. The van der Waals surface area contributed by atoms with E-state index < -0.39 is 11.7 Å². The van der Waals surface area contributed by atoms with Gasteiger partial charge in [-0.3, -0.25) is 9.59 Å². The van der Waals surface area contributed by atoms with Gasteiger partial charge in [0, 0.05) is 18.7 Å². The van der Waals surface area contributed by atoms with Crippen LogP contribution in [0.25, 0.3) is 0 Å². The van der Waals surface area contributed by atoms with E-state index in [1.807, 2.05) is 56.3 Å². The molecule has 188 valence electrons. The Morgan fingerprint density at radius 3 is 2.33 bits per heavy atom. The normalized spacial score (nSPS) is 16.4. The zero-order valence-electron chi connectivity index (χ0n) is 20.4. The summed E-state index contributed by atoms with van der Waals surface area (Å²) < 4.78 is 39.7. The number of aryl methyl sites for hydroxylation is 3. The van der Waals surface area contributed by atoms with E-state index in [9.17, 15) is 22.8 Å². The Balaban J connectivity index is 1.57. The SMILES string of the molecule is Cc1ccc(C(=O)N2CC(=O)N(Cc3cccc(C(F)(F)F)c3)[C@@H](CCc3ccccc3)C2)cc1C. The second-order valence-corrected chi connectivity index (χ2v) is 9.38. The lowest BCUT2D eigenvalue weighted by atomic mass is 9.99. The number of rotatable bonds is 6. The molecule has 1 fully saturated rings. The van der Waals surface area contributed by atoms with Crippen LogP contribution in [-0.2, 0) is 23.9 Å². The standard InChI is InChI=1S/C29H29F3N2O2/c1-20-11-13-24(15-21(20)2)28(36)33-18-26(14-12-22-7-4-3-5-8-22)34(27(35)19-33)17-23-9-6-10-25(16-23)29(30,31)32/h3-11,13,15-16,26H,12,14,17-19H2,1-2H3/t26-/m0/s1. The van der Waals surface area contributed by atoms with E-state index in [2.05, 4.69) is 0 Å². The summed E-state index contributed by atoms with van der Waals surface area (Å²) in [5.41, 5.74) is 3.37. The molecule has 0 spiro atoms. The summed E-state index contributed by atoms with van der Waals surface area (Å²) >= 11 is 0. The molecule has 4 rings (SSSR count). The number of piperazine rings is 1. The first-order valence-electron chi connectivity index (χ1n) is 12.0. The Morgan fingerprint density at radius 2 is 1.64 bits per heavy atom. The van der Waals surface area contributed by atoms with Crippen molar-refractivity contribution in [1.29, 1.82) is 0 Å². The van der Waals surface area contributed by atoms with Crippen molar-refractivity contribution in [3.05, 3.63) is 106 Å². The predicted octanol–water partition coefficient (Wildman–Crippen LogP) is 5.81. The number of nitrogens with zero attached hydrogens (tertiary/aromatic N) is 2. The first kappa shape index (κ1) is 25.5. The van der Waals surface area contributed by atoms with E-state index in [1.54, 1.807) is 21.9 Å².